The van der Waals surface area contributed by atoms with Crippen LogP contribution in [0.5, 0.6) is 5.75 Å². The van der Waals surface area contributed by atoms with Crippen molar-refractivity contribution in [3.63, 3.8) is 0 Å². The lowest BCUT2D eigenvalue weighted by molar-refractivity contribution is -0.141. The van der Waals surface area contributed by atoms with E-state index in [-0.39, 0.29) is 4.90 Å². The molecule has 0 bridgehead atoms. The van der Waals surface area contributed by atoms with Crippen molar-refractivity contribution >= 4 is 15.8 Å². The molecule has 26 heavy (non-hydrogen) atoms. The first-order valence-corrected chi connectivity index (χ1v) is 9.43. The van der Waals surface area contributed by atoms with Crippen molar-refractivity contribution in [3.8, 4) is 11.8 Å². The van der Waals surface area contributed by atoms with Crippen molar-refractivity contribution in [2.75, 3.05) is 7.11 Å². The van der Waals surface area contributed by atoms with Crippen LogP contribution >= 0.6 is 0 Å². The number of ether oxygens (including phenoxy) is 1. The SMILES string of the molecule is COc1ccc([C@H]2[C@H](S(=O)(=O)c3ccc(C)cc3)[C@@]2(C#N)C(=O)O)cc1. The molecule has 0 amide bonds. The molecule has 3 atom stereocenters. The van der Waals surface area contributed by atoms with Gasteiger partial charge in [0.25, 0.3) is 0 Å². The summed E-state index contributed by atoms with van der Waals surface area (Å²) in [5.74, 6) is -1.81. The standard InChI is InChI=1S/C19H17NO5S/c1-12-3-9-15(10-4-12)26(23,24)17-16(19(17,11-20)18(21)22)13-5-7-14(25-2)8-6-13/h3-10,16-17H,1-2H3,(H,21,22)/t16-,17-,19-/m0/s1. The smallest absolute Gasteiger partial charge is 0.326 e. The van der Waals surface area contributed by atoms with E-state index in [2.05, 4.69) is 0 Å². The molecule has 1 N–H and O–H groups in total. The van der Waals surface area contributed by atoms with Gasteiger partial charge in [-0.3, -0.25) is 4.79 Å². The van der Waals surface area contributed by atoms with Crippen molar-refractivity contribution < 1.29 is 23.1 Å². The van der Waals surface area contributed by atoms with Gasteiger partial charge in [-0.05, 0) is 36.8 Å². The van der Waals surface area contributed by atoms with E-state index in [0.717, 1.165) is 5.56 Å². The first-order chi connectivity index (χ1) is 12.3. The van der Waals surface area contributed by atoms with Gasteiger partial charge in [-0.25, -0.2) is 8.42 Å². The van der Waals surface area contributed by atoms with Crippen LogP contribution in [0.3, 0.4) is 0 Å². The molecule has 134 valence electrons. The molecule has 1 aliphatic carbocycles. The van der Waals surface area contributed by atoms with Crippen LogP contribution in [0.25, 0.3) is 0 Å². The Kier molecular flexibility index (Phi) is 4.24. The molecule has 1 saturated carbocycles. The predicted octanol–water partition coefficient (Wildman–Crippen LogP) is 2.54. The average Bonchev–Trinajstić information content (AvgIpc) is 3.34. The van der Waals surface area contributed by atoms with Gasteiger partial charge < -0.3 is 9.84 Å². The van der Waals surface area contributed by atoms with Gasteiger partial charge in [-0.2, -0.15) is 5.26 Å². The van der Waals surface area contributed by atoms with Crippen molar-refractivity contribution in [3.05, 3.63) is 59.7 Å². The quantitative estimate of drug-likeness (QED) is 0.866. The second-order valence-electron chi connectivity index (χ2n) is 6.32. The van der Waals surface area contributed by atoms with Gasteiger partial charge >= 0.3 is 5.97 Å². The van der Waals surface area contributed by atoms with Crippen LogP contribution in [-0.4, -0.2) is 31.9 Å². The van der Waals surface area contributed by atoms with Gasteiger partial charge in [0.1, 0.15) is 11.0 Å². The third kappa shape index (κ3) is 2.54. The fraction of sp³-hybridized carbons (Fsp3) is 0.263. The van der Waals surface area contributed by atoms with Crippen LogP contribution in [0.1, 0.15) is 17.0 Å². The summed E-state index contributed by atoms with van der Waals surface area (Å²) in [7, 11) is -2.50. The van der Waals surface area contributed by atoms with E-state index in [1.807, 2.05) is 6.92 Å². The minimum Gasteiger partial charge on any atom is -0.497 e. The number of aryl methyl sites for hydroxylation is 1. The molecule has 0 unspecified atom stereocenters. The van der Waals surface area contributed by atoms with E-state index in [1.165, 1.54) is 19.2 Å². The highest BCUT2D eigenvalue weighted by Crippen LogP contribution is 2.64. The zero-order chi connectivity index (χ0) is 19.1. The van der Waals surface area contributed by atoms with Gasteiger partial charge in [0, 0.05) is 5.92 Å². The third-order valence-electron chi connectivity index (χ3n) is 4.83. The lowest BCUT2D eigenvalue weighted by Gasteiger charge is -2.05. The number of aliphatic carboxylic acids is 1. The number of hydrogen-bond donors (Lipinski definition) is 1. The molecule has 1 fully saturated rings. The summed E-state index contributed by atoms with van der Waals surface area (Å²) < 4.78 is 31.2. The number of methoxy groups -OCH3 is 1. The number of hydrogen-bond acceptors (Lipinski definition) is 5. The highest BCUT2D eigenvalue weighted by atomic mass is 32.2. The number of benzene rings is 2. The molecule has 7 heteroatoms. The Bertz CT molecular complexity index is 990. The molecule has 2 aromatic rings. The van der Waals surface area contributed by atoms with Crippen LogP contribution in [0.15, 0.2) is 53.4 Å². The first kappa shape index (κ1) is 18.0. The number of rotatable bonds is 5. The second kappa shape index (κ2) is 6.15. The Morgan fingerprint density at radius 2 is 1.73 bits per heavy atom. The van der Waals surface area contributed by atoms with Gasteiger partial charge in [0.15, 0.2) is 15.3 Å². The molecule has 0 radical (unpaired) electrons. The lowest BCUT2D eigenvalue weighted by atomic mass is 10.0. The Labute approximate surface area is 151 Å². The molecule has 2 aromatic carbocycles. The fourth-order valence-electron chi connectivity index (χ4n) is 3.34. The Morgan fingerprint density at radius 3 is 2.19 bits per heavy atom. The zero-order valence-electron chi connectivity index (χ0n) is 14.2. The molecule has 0 aliphatic heterocycles. The molecule has 1 aliphatic rings. The van der Waals surface area contributed by atoms with Crippen molar-refractivity contribution in [2.24, 2.45) is 5.41 Å². The van der Waals surface area contributed by atoms with Gasteiger partial charge in [-0.1, -0.05) is 29.8 Å². The van der Waals surface area contributed by atoms with Gasteiger partial charge in [0.2, 0.25) is 0 Å². The van der Waals surface area contributed by atoms with Crippen LogP contribution in [-0.2, 0) is 14.6 Å². The van der Waals surface area contributed by atoms with Crippen LogP contribution in [0, 0.1) is 23.7 Å². The highest BCUT2D eigenvalue weighted by Gasteiger charge is 2.77. The van der Waals surface area contributed by atoms with Crippen LogP contribution < -0.4 is 4.74 Å². The molecule has 3 rings (SSSR count). The van der Waals surface area contributed by atoms with Crippen molar-refractivity contribution in [2.45, 2.75) is 23.0 Å². The van der Waals surface area contributed by atoms with E-state index >= 15 is 0 Å². The normalized spacial score (nSPS) is 24.5. The van der Waals surface area contributed by atoms with E-state index in [1.54, 1.807) is 42.5 Å². The van der Waals surface area contributed by atoms with Crippen LogP contribution in [0.4, 0.5) is 0 Å². The maximum Gasteiger partial charge on any atom is 0.326 e. The summed E-state index contributed by atoms with van der Waals surface area (Å²) in [6, 6.07) is 14.4. The zero-order valence-corrected chi connectivity index (χ0v) is 15.0. The van der Waals surface area contributed by atoms with Gasteiger partial charge in [-0.15, -0.1) is 0 Å². The largest absolute Gasteiger partial charge is 0.497 e. The molecule has 0 heterocycles. The number of sulfone groups is 1. The topological polar surface area (TPSA) is 104 Å². The maximum atomic E-state index is 13.1. The van der Waals surface area contributed by atoms with Crippen molar-refractivity contribution in [1.29, 1.82) is 5.26 Å². The average molecular weight is 371 g/mol. The third-order valence-corrected chi connectivity index (χ3v) is 7.07. The molecule has 0 spiro atoms. The Morgan fingerprint density at radius 1 is 1.15 bits per heavy atom. The molecule has 0 saturated heterocycles. The Balaban J connectivity index is 2.10. The number of nitriles is 1. The number of carbonyl (C=O) groups is 1. The maximum absolute atomic E-state index is 13.1. The minimum absolute atomic E-state index is 0.0185. The number of carboxylic acids is 1. The lowest BCUT2D eigenvalue weighted by Crippen LogP contribution is -2.22. The summed E-state index contributed by atoms with van der Waals surface area (Å²) >= 11 is 0. The summed E-state index contributed by atoms with van der Waals surface area (Å²) in [4.78, 5) is 11.9. The van der Waals surface area contributed by atoms with Crippen molar-refractivity contribution in [1.82, 2.24) is 0 Å². The van der Waals surface area contributed by atoms with E-state index in [0.29, 0.717) is 11.3 Å². The second-order valence-corrected chi connectivity index (χ2v) is 8.38. The summed E-state index contributed by atoms with van der Waals surface area (Å²) in [5, 5.41) is 17.9. The number of carboxylic acid groups (broad SMARTS) is 1. The predicted molar refractivity (Wildman–Crippen MR) is 93.6 cm³/mol. The fourth-order valence-corrected chi connectivity index (χ4v) is 5.59. The highest BCUT2D eigenvalue weighted by molar-refractivity contribution is 7.92. The number of nitrogens with zero attached hydrogens (tertiary/aromatic N) is 1. The summed E-state index contributed by atoms with van der Waals surface area (Å²) in [5.41, 5.74) is -0.634. The van der Waals surface area contributed by atoms with Crippen LogP contribution in [0.2, 0.25) is 0 Å². The van der Waals surface area contributed by atoms with E-state index in [9.17, 15) is 23.6 Å². The van der Waals surface area contributed by atoms with E-state index < -0.39 is 32.4 Å². The first-order valence-electron chi connectivity index (χ1n) is 7.88. The summed E-state index contributed by atoms with van der Waals surface area (Å²) in [6.07, 6.45) is 0. The Hall–Kier alpha value is -2.85. The monoisotopic (exact) mass is 371 g/mol. The van der Waals surface area contributed by atoms with Gasteiger partial charge in [0.05, 0.1) is 18.1 Å². The molecular formula is C19H17NO5S. The molecular weight excluding hydrogens is 354 g/mol. The minimum atomic E-state index is -3.99. The summed E-state index contributed by atoms with van der Waals surface area (Å²) in [6.45, 7) is 1.82. The van der Waals surface area contributed by atoms with E-state index in [4.69, 9.17) is 4.74 Å². The molecule has 6 nitrogen and oxygen atoms in total. The molecule has 0 aromatic heterocycles.